The lowest BCUT2D eigenvalue weighted by molar-refractivity contribution is -0.144. The number of carbonyl (C=O) groups excluding carboxylic acids is 3. The first-order valence-electron chi connectivity index (χ1n) is 12.2. The Morgan fingerprint density at radius 1 is 1.16 bits per heavy atom. The number of nitrogens with one attached hydrogen (secondary N) is 1. The van der Waals surface area contributed by atoms with E-state index in [2.05, 4.69) is 5.32 Å². The summed E-state index contributed by atoms with van der Waals surface area (Å²) in [6, 6.07) is 4.35. The molecule has 0 spiro atoms. The molecule has 8 atom stereocenters. The van der Waals surface area contributed by atoms with Gasteiger partial charge in [-0.2, -0.15) is 0 Å². The minimum absolute atomic E-state index is 0.320. The summed E-state index contributed by atoms with van der Waals surface area (Å²) in [5.74, 6) is -0.627. The smallest absolute Gasteiger partial charge is 0.412 e. The number of anilines is 1. The van der Waals surface area contributed by atoms with E-state index in [1.165, 1.54) is 14.2 Å². The van der Waals surface area contributed by atoms with Gasteiger partial charge in [0, 0.05) is 18.4 Å². The Morgan fingerprint density at radius 3 is 2.59 bits per heavy atom. The number of hydrogen-bond acceptors (Lipinski definition) is 10. The Kier molecular flexibility index (Phi) is 6.31. The first kappa shape index (κ1) is 25.3. The number of amides is 1. The largest absolute Gasteiger partial charge is 0.497 e. The molecular formula is C26H32N2O9. The fraction of sp³-hybridized carbons (Fsp3) is 0.577. The highest BCUT2D eigenvalue weighted by Gasteiger charge is 2.65. The molecule has 1 N–H and O–H groups in total. The van der Waals surface area contributed by atoms with E-state index in [0.717, 1.165) is 0 Å². The molecule has 2 fully saturated rings. The second-order valence-corrected chi connectivity index (χ2v) is 10.4. The third-order valence-electron chi connectivity index (χ3n) is 7.77. The number of esters is 2. The van der Waals surface area contributed by atoms with Gasteiger partial charge in [0.25, 0.3) is 0 Å². The van der Waals surface area contributed by atoms with Crippen LogP contribution in [0.4, 0.5) is 10.5 Å². The molecule has 3 aliphatic heterocycles. The predicted molar refractivity (Wildman–Crippen MR) is 129 cm³/mol. The zero-order valence-electron chi connectivity index (χ0n) is 21.7. The number of hydrogen-bond donors (Lipinski definition) is 1. The van der Waals surface area contributed by atoms with E-state index in [1.807, 2.05) is 6.92 Å². The van der Waals surface area contributed by atoms with E-state index in [9.17, 15) is 14.4 Å². The number of methoxy groups -OCH3 is 2. The van der Waals surface area contributed by atoms with Crippen LogP contribution in [0.2, 0.25) is 0 Å². The number of nitrogens with zero attached hydrogens (tertiary/aromatic N) is 1. The lowest BCUT2D eigenvalue weighted by atomic mass is 9.79. The van der Waals surface area contributed by atoms with Crippen LogP contribution in [0.1, 0.15) is 20.3 Å². The maximum Gasteiger partial charge on any atom is 0.412 e. The molecule has 11 nitrogen and oxygen atoms in total. The summed E-state index contributed by atoms with van der Waals surface area (Å²) >= 11 is 0. The van der Waals surface area contributed by atoms with Crippen molar-refractivity contribution in [3.63, 3.8) is 0 Å². The van der Waals surface area contributed by atoms with Crippen LogP contribution in [0.25, 0.3) is 0 Å². The molecule has 37 heavy (non-hydrogen) atoms. The van der Waals surface area contributed by atoms with Gasteiger partial charge in [0.1, 0.15) is 29.8 Å². The van der Waals surface area contributed by atoms with Gasteiger partial charge in [-0.3, -0.25) is 15.0 Å². The van der Waals surface area contributed by atoms with E-state index < -0.39 is 54.0 Å². The molecule has 1 aromatic rings. The zero-order chi connectivity index (χ0) is 26.6. The monoisotopic (exact) mass is 516 g/mol. The number of ether oxygens (including phenoxy) is 6. The first-order chi connectivity index (χ1) is 17.6. The van der Waals surface area contributed by atoms with E-state index in [1.54, 1.807) is 50.2 Å². The van der Waals surface area contributed by atoms with Crippen LogP contribution in [-0.2, 0) is 28.5 Å². The lowest BCUT2D eigenvalue weighted by Gasteiger charge is -2.32. The minimum atomic E-state index is -0.861. The van der Waals surface area contributed by atoms with Crippen LogP contribution in [-0.4, -0.2) is 87.3 Å². The highest BCUT2D eigenvalue weighted by molar-refractivity contribution is 5.93. The number of carbonyl (C=O) groups is 3. The van der Waals surface area contributed by atoms with Gasteiger partial charge in [0.15, 0.2) is 6.10 Å². The van der Waals surface area contributed by atoms with E-state index in [-0.39, 0.29) is 11.9 Å². The third kappa shape index (κ3) is 4.40. The molecule has 3 heterocycles. The summed E-state index contributed by atoms with van der Waals surface area (Å²) in [5.41, 5.74) is -0.000737. The van der Waals surface area contributed by atoms with E-state index in [0.29, 0.717) is 29.2 Å². The fourth-order valence-electron chi connectivity index (χ4n) is 5.82. The second kappa shape index (κ2) is 9.21. The topological polar surface area (TPSA) is 125 Å². The Balaban J connectivity index is 1.47. The standard InChI is InChI=1S/C26H32N2O9/c1-12-19-17-10-14(24(30)34-17)20(28(3)4)21(22-26(2,37-22)11-18(19)35-23(12)29)36-25(31)27-15-9-13(32-5)7-8-16(15)33-6/h7-10,12,17-22H,11H2,1-6H3,(H,27,31)/t12?,17-,18+,19+,20+,21-,22+,26+/m1/s1. The average molecular weight is 517 g/mol. The third-order valence-corrected chi connectivity index (χ3v) is 7.77. The van der Waals surface area contributed by atoms with Crippen molar-refractivity contribution in [2.75, 3.05) is 33.6 Å². The summed E-state index contributed by atoms with van der Waals surface area (Å²) in [5, 5.41) is 2.72. The zero-order valence-corrected chi connectivity index (χ0v) is 21.7. The van der Waals surface area contributed by atoms with Crippen molar-refractivity contribution in [1.82, 2.24) is 4.90 Å². The summed E-state index contributed by atoms with van der Waals surface area (Å²) in [4.78, 5) is 40.5. The minimum Gasteiger partial charge on any atom is -0.497 e. The summed E-state index contributed by atoms with van der Waals surface area (Å²) in [6.45, 7) is 3.69. The van der Waals surface area contributed by atoms with Crippen molar-refractivity contribution in [3.8, 4) is 11.5 Å². The first-order valence-corrected chi connectivity index (χ1v) is 12.2. The lowest BCUT2D eigenvalue weighted by Crippen LogP contribution is -2.49. The van der Waals surface area contributed by atoms with Gasteiger partial charge in [-0.25, -0.2) is 9.59 Å². The molecule has 1 aromatic carbocycles. The summed E-state index contributed by atoms with van der Waals surface area (Å²) in [6.07, 6.45) is -1.13. The maximum absolute atomic E-state index is 13.2. The quantitative estimate of drug-likeness (QED) is 0.353. The summed E-state index contributed by atoms with van der Waals surface area (Å²) < 4.78 is 34.1. The Labute approximate surface area is 214 Å². The van der Waals surface area contributed by atoms with Gasteiger partial charge in [-0.05, 0) is 39.2 Å². The van der Waals surface area contributed by atoms with Crippen molar-refractivity contribution in [2.24, 2.45) is 11.8 Å². The molecule has 4 aliphatic rings. The average Bonchev–Trinajstić information content (AvgIpc) is 3.24. The van der Waals surface area contributed by atoms with Crippen LogP contribution in [0.3, 0.4) is 0 Å². The van der Waals surface area contributed by atoms with Gasteiger partial charge in [0.2, 0.25) is 0 Å². The fourth-order valence-corrected chi connectivity index (χ4v) is 5.82. The van der Waals surface area contributed by atoms with Crippen molar-refractivity contribution in [1.29, 1.82) is 0 Å². The maximum atomic E-state index is 13.2. The van der Waals surface area contributed by atoms with E-state index in [4.69, 9.17) is 28.4 Å². The number of likely N-dealkylation sites (N-methyl/N-ethyl adjacent to an activating group) is 1. The summed E-state index contributed by atoms with van der Waals surface area (Å²) in [7, 11) is 6.60. The number of fused-ring (bicyclic) bond motifs is 4. The van der Waals surface area contributed by atoms with Crippen LogP contribution in [0.15, 0.2) is 29.8 Å². The van der Waals surface area contributed by atoms with Crippen LogP contribution in [0.5, 0.6) is 11.5 Å². The normalized spacial score (nSPS) is 36.0. The van der Waals surface area contributed by atoms with Crippen molar-refractivity contribution < 1.29 is 42.8 Å². The van der Waals surface area contributed by atoms with Gasteiger partial charge < -0.3 is 28.4 Å². The van der Waals surface area contributed by atoms with Crippen LogP contribution < -0.4 is 14.8 Å². The second-order valence-electron chi connectivity index (χ2n) is 10.4. The highest BCUT2D eigenvalue weighted by Crippen LogP contribution is 2.51. The molecule has 1 amide bonds. The van der Waals surface area contributed by atoms with Crippen molar-refractivity contribution in [2.45, 2.75) is 56.3 Å². The molecule has 0 aromatic heterocycles. The molecule has 11 heteroatoms. The highest BCUT2D eigenvalue weighted by atomic mass is 16.7. The molecule has 1 unspecified atom stereocenters. The molecule has 2 saturated heterocycles. The Hall–Kier alpha value is -3.31. The van der Waals surface area contributed by atoms with Gasteiger partial charge in [0.05, 0.1) is 43.0 Å². The molecule has 0 radical (unpaired) electrons. The Morgan fingerprint density at radius 2 is 1.92 bits per heavy atom. The van der Waals surface area contributed by atoms with Crippen LogP contribution >= 0.6 is 0 Å². The SMILES string of the molecule is COc1ccc(OC)c(NC(=O)O[C@@H]2[C@@H](N(C)C)C3=C[C@@H](OC3=O)[C@@H]3C(C)C(=O)O[C@H]3C[C@]3(C)O[C@@H]23)c1. The van der Waals surface area contributed by atoms with E-state index >= 15 is 0 Å². The molecule has 5 rings (SSSR count). The van der Waals surface area contributed by atoms with Gasteiger partial charge in [-0.15, -0.1) is 0 Å². The Bertz CT molecular complexity index is 1150. The van der Waals surface area contributed by atoms with Crippen LogP contribution in [0, 0.1) is 11.8 Å². The number of rotatable bonds is 5. The van der Waals surface area contributed by atoms with Crippen molar-refractivity contribution in [3.05, 3.63) is 29.8 Å². The predicted octanol–water partition coefficient (Wildman–Crippen LogP) is 2.14. The molecule has 1 aliphatic carbocycles. The molecule has 0 saturated carbocycles. The number of benzene rings is 1. The molecule has 2 bridgehead atoms. The number of epoxide rings is 1. The van der Waals surface area contributed by atoms with Gasteiger partial charge >= 0.3 is 18.0 Å². The molecule has 200 valence electrons. The van der Waals surface area contributed by atoms with Crippen molar-refractivity contribution >= 4 is 23.7 Å². The van der Waals surface area contributed by atoms with Gasteiger partial charge in [-0.1, -0.05) is 6.92 Å². The molecular weight excluding hydrogens is 484 g/mol.